The molecule has 26 heavy (non-hydrogen) atoms. The number of halogens is 3. The molecule has 0 spiro atoms. The number of carbonyl (C=O) groups is 1. The largest absolute Gasteiger partial charge is 0.288 e. The first-order chi connectivity index (χ1) is 12.6. The third kappa shape index (κ3) is 3.80. The number of hydrogen-bond acceptors (Lipinski definition) is 3. The normalized spacial score (nSPS) is 10.9. The molecule has 0 aliphatic carbocycles. The first-order valence-electron chi connectivity index (χ1n) is 8.15. The second-order valence-corrected chi connectivity index (χ2v) is 7.33. The van der Waals surface area contributed by atoms with Crippen LogP contribution in [0.4, 0.5) is 0 Å². The maximum atomic E-state index is 13.2. The SMILES string of the molecule is CCCc1nnc(CI)n1-c1ccc(Cl)cc1C(=O)c1ccccc1Cl. The lowest BCUT2D eigenvalue weighted by molar-refractivity contribution is 0.103. The molecule has 0 aliphatic heterocycles. The number of benzene rings is 2. The first-order valence-corrected chi connectivity index (χ1v) is 10.4. The van der Waals surface area contributed by atoms with Crippen molar-refractivity contribution in [1.82, 2.24) is 14.8 Å². The van der Waals surface area contributed by atoms with E-state index in [1.807, 2.05) is 10.6 Å². The molecule has 1 heterocycles. The number of rotatable bonds is 6. The lowest BCUT2D eigenvalue weighted by Gasteiger charge is -2.14. The van der Waals surface area contributed by atoms with Crippen molar-refractivity contribution in [1.29, 1.82) is 0 Å². The van der Waals surface area contributed by atoms with Crippen LogP contribution in [0.25, 0.3) is 5.69 Å². The molecule has 0 fully saturated rings. The van der Waals surface area contributed by atoms with Crippen LogP contribution in [0.3, 0.4) is 0 Å². The summed E-state index contributed by atoms with van der Waals surface area (Å²) in [5, 5.41) is 9.49. The van der Waals surface area contributed by atoms with Crippen LogP contribution in [-0.4, -0.2) is 20.5 Å². The molecule has 0 atom stereocenters. The van der Waals surface area contributed by atoms with Gasteiger partial charge < -0.3 is 0 Å². The van der Waals surface area contributed by atoms with Crippen molar-refractivity contribution in [2.24, 2.45) is 0 Å². The van der Waals surface area contributed by atoms with Crippen LogP contribution in [0.15, 0.2) is 42.5 Å². The van der Waals surface area contributed by atoms with Gasteiger partial charge in [0.25, 0.3) is 0 Å². The molecular weight excluding hydrogens is 484 g/mol. The molecule has 0 radical (unpaired) electrons. The molecule has 0 saturated heterocycles. The maximum Gasteiger partial charge on any atom is 0.196 e. The Hall–Kier alpha value is -1.44. The van der Waals surface area contributed by atoms with E-state index in [2.05, 4.69) is 39.7 Å². The molecule has 3 rings (SSSR count). The number of ketones is 1. The van der Waals surface area contributed by atoms with Gasteiger partial charge in [-0.2, -0.15) is 0 Å². The quantitative estimate of drug-likeness (QED) is 0.248. The van der Waals surface area contributed by atoms with Crippen LogP contribution < -0.4 is 0 Å². The van der Waals surface area contributed by atoms with Crippen molar-refractivity contribution in [3.63, 3.8) is 0 Å². The molecule has 0 bridgehead atoms. The second kappa shape index (κ2) is 8.50. The summed E-state index contributed by atoms with van der Waals surface area (Å²) >= 11 is 14.7. The van der Waals surface area contributed by atoms with Gasteiger partial charge in [-0.1, -0.05) is 64.8 Å². The molecule has 1 aromatic heterocycles. The summed E-state index contributed by atoms with van der Waals surface area (Å²) in [7, 11) is 0. The van der Waals surface area contributed by atoms with Gasteiger partial charge in [-0.05, 0) is 36.8 Å². The van der Waals surface area contributed by atoms with Crippen LogP contribution in [0.5, 0.6) is 0 Å². The minimum atomic E-state index is -0.177. The average Bonchev–Trinajstić information content (AvgIpc) is 3.04. The highest BCUT2D eigenvalue weighted by Crippen LogP contribution is 2.28. The molecule has 0 amide bonds. The van der Waals surface area contributed by atoms with Gasteiger partial charge in [0.05, 0.1) is 15.1 Å². The molecular formula is C19H16Cl2IN3O. The van der Waals surface area contributed by atoms with E-state index in [0.29, 0.717) is 25.6 Å². The molecule has 7 heteroatoms. The van der Waals surface area contributed by atoms with Crippen molar-refractivity contribution in [3.05, 3.63) is 75.3 Å². The van der Waals surface area contributed by atoms with E-state index in [1.165, 1.54) is 0 Å². The smallest absolute Gasteiger partial charge is 0.196 e. The molecule has 4 nitrogen and oxygen atoms in total. The molecule has 0 unspecified atom stereocenters. The van der Waals surface area contributed by atoms with Crippen molar-refractivity contribution in [3.8, 4) is 5.69 Å². The third-order valence-corrected chi connectivity index (χ3v) is 5.20. The van der Waals surface area contributed by atoms with Gasteiger partial charge in [-0.3, -0.25) is 9.36 Å². The highest BCUT2D eigenvalue weighted by Gasteiger charge is 2.21. The van der Waals surface area contributed by atoms with Crippen LogP contribution in [-0.2, 0) is 10.8 Å². The Labute approximate surface area is 175 Å². The number of aromatic nitrogens is 3. The molecule has 0 aliphatic rings. The minimum Gasteiger partial charge on any atom is -0.288 e. The van der Waals surface area contributed by atoms with Crippen molar-refractivity contribution >= 4 is 51.6 Å². The number of aryl methyl sites for hydroxylation is 1. The third-order valence-electron chi connectivity index (χ3n) is 3.95. The zero-order valence-electron chi connectivity index (χ0n) is 14.0. The van der Waals surface area contributed by atoms with Gasteiger partial charge >= 0.3 is 0 Å². The number of hydrogen-bond donors (Lipinski definition) is 0. The Kier molecular flexibility index (Phi) is 6.32. The van der Waals surface area contributed by atoms with Gasteiger partial charge in [-0.15, -0.1) is 10.2 Å². The monoisotopic (exact) mass is 499 g/mol. The molecule has 0 N–H and O–H groups in total. The van der Waals surface area contributed by atoms with Gasteiger partial charge in [0, 0.05) is 22.6 Å². The summed E-state index contributed by atoms with van der Waals surface area (Å²) in [5.74, 6) is 1.45. The topological polar surface area (TPSA) is 47.8 Å². The zero-order chi connectivity index (χ0) is 18.7. The number of carbonyl (C=O) groups excluding carboxylic acids is 1. The lowest BCUT2D eigenvalue weighted by atomic mass is 10.0. The number of nitrogens with zero attached hydrogens (tertiary/aromatic N) is 3. The highest BCUT2D eigenvalue weighted by molar-refractivity contribution is 14.1. The van der Waals surface area contributed by atoms with E-state index in [1.54, 1.807) is 36.4 Å². The van der Waals surface area contributed by atoms with E-state index in [-0.39, 0.29) is 5.78 Å². The molecule has 2 aromatic carbocycles. The highest BCUT2D eigenvalue weighted by atomic mass is 127. The Morgan fingerprint density at radius 3 is 2.50 bits per heavy atom. The summed E-state index contributed by atoms with van der Waals surface area (Å²) in [5.41, 5.74) is 1.65. The summed E-state index contributed by atoms with van der Waals surface area (Å²) in [4.78, 5) is 13.2. The van der Waals surface area contributed by atoms with E-state index < -0.39 is 0 Å². The van der Waals surface area contributed by atoms with E-state index in [0.717, 1.165) is 30.2 Å². The van der Waals surface area contributed by atoms with Gasteiger partial charge in [-0.25, -0.2) is 0 Å². The zero-order valence-corrected chi connectivity index (χ0v) is 17.7. The Balaban J connectivity index is 2.21. The number of alkyl halides is 1. The standard InChI is InChI=1S/C19H16Cl2IN3O/c1-2-5-17-23-24-18(11-22)25(17)16-9-8-12(20)10-14(16)19(26)13-6-3-4-7-15(13)21/h3-4,6-10H,2,5,11H2,1H3. The fourth-order valence-corrected chi connectivity index (χ4v) is 3.67. The predicted molar refractivity (Wildman–Crippen MR) is 113 cm³/mol. The summed E-state index contributed by atoms with van der Waals surface area (Å²) in [6.07, 6.45) is 1.70. The van der Waals surface area contributed by atoms with E-state index in [9.17, 15) is 4.79 Å². The maximum absolute atomic E-state index is 13.2. The fraction of sp³-hybridized carbons (Fsp3) is 0.211. The van der Waals surface area contributed by atoms with Gasteiger partial charge in [0.2, 0.25) is 0 Å². The summed E-state index contributed by atoms with van der Waals surface area (Å²) in [6, 6.07) is 12.3. The van der Waals surface area contributed by atoms with Crippen molar-refractivity contribution in [2.45, 2.75) is 24.2 Å². The fourth-order valence-electron chi connectivity index (χ4n) is 2.78. The van der Waals surface area contributed by atoms with Crippen molar-refractivity contribution in [2.75, 3.05) is 0 Å². The summed E-state index contributed by atoms with van der Waals surface area (Å²) < 4.78 is 2.63. The van der Waals surface area contributed by atoms with Gasteiger partial charge in [0.1, 0.15) is 11.6 Å². The average molecular weight is 500 g/mol. The predicted octanol–water partition coefficient (Wildman–Crippen LogP) is 5.69. The minimum absolute atomic E-state index is 0.177. The second-order valence-electron chi connectivity index (χ2n) is 5.72. The van der Waals surface area contributed by atoms with Crippen LogP contribution in [0.2, 0.25) is 10.0 Å². The van der Waals surface area contributed by atoms with Crippen molar-refractivity contribution < 1.29 is 4.79 Å². The summed E-state index contributed by atoms with van der Waals surface area (Å²) in [6.45, 7) is 2.08. The van der Waals surface area contributed by atoms with Crippen LogP contribution in [0, 0.1) is 0 Å². The Morgan fingerprint density at radius 2 is 1.81 bits per heavy atom. The van der Waals surface area contributed by atoms with Crippen LogP contribution >= 0.6 is 45.8 Å². The lowest BCUT2D eigenvalue weighted by Crippen LogP contribution is -2.12. The molecule has 134 valence electrons. The molecule has 3 aromatic rings. The van der Waals surface area contributed by atoms with E-state index >= 15 is 0 Å². The molecule has 0 saturated carbocycles. The Bertz CT molecular complexity index is 956. The Morgan fingerprint density at radius 1 is 1.08 bits per heavy atom. The first kappa shape index (κ1) is 19.3. The van der Waals surface area contributed by atoms with Gasteiger partial charge in [0.15, 0.2) is 5.78 Å². The van der Waals surface area contributed by atoms with E-state index in [4.69, 9.17) is 23.2 Å². The van der Waals surface area contributed by atoms with Crippen LogP contribution in [0.1, 0.15) is 40.9 Å².